The summed E-state index contributed by atoms with van der Waals surface area (Å²) in [6, 6.07) is 0.151. The molecule has 5 heteroatoms. The molecule has 3 atom stereocenters. The molecule has 2 aliphatic heterocycles. The van der Waals surface area contributed by atoms with Crippen LogP contribution in [0.2, 0.25) is 0 Å². The second-order valence-corrected chi connectivity index (χ2v) is 3.69. The first-order valence-corrected chi connectivity index (χ1v) is 4.57. The number of fused-ring (bicyclic) bond motifs is 2. The van der Waals surface area contributed by atoms with Gasteiger partial charge in [-0.05, 0) is 19.3 Å². The SMILES string of the molecule is Nc1nnc(C2CC3CCC2O3)o1. The van der Waals surface area contributed by atoms with Crippen molar-refractivity contribution in [2.75, 3.05) is 5.73 Å². The Morgan fingerprint density at radius 3 is 2.77 bits per heavy atom. The minimum atomic E-state index is 0.151. The Labute approximate surface area is 75.3 Å². The number of nitrogen functional groups attached to an aromatic ring is 1. The van der Waals surface area contributed by atoms with E-state index in [1.165, 1.54) is 6.42 Å². The Bertz CT molecular complexity index is 325. The zero-order valence-corrected chi connectivity index (χ0v) is 7.14. The molecule has 13 heavy (non-hydrogen) atoms. The highest BCUT2D eigenvalue weighted by atomic mass is 16.5. The zero-order chi connectivity index (χ0) is 8.84. The lowest BCUT2D eigenvalue weighted by Gasteiger charge is -2.13. The summed E-state index contributed by atoms with van der Waals surface area (Å²) in [6.45, 7) is 0. The fourth-order valence-electron chi connectivity index (χ4n) is 2.29. The quantitative estimate of drug-likeness (QED) is 0.689. The van der Waals surface area contributed by atoms with Gasteiger partial charge < -0.3 is 14.9 Å². The van der Waals surface area contributed by atoms with E-state index in [1.54, 1.807) is 0 Å². The molecule has 70 valence electrons. The van der Waals surface area contributed by atoms with Crippen LogP contribution in [0.3, 0.4) is 0 Å². The summed E-state index contributed by atoms with van der Waals surface area (Å²) in [6.07, 6.45) is 3.97. The largest absolute Gasteiger partial charge is 0.408 e. The molecule has 5 nitrogen and oxygen atoms in total. The molecule has 0 aromatic carbocycles. The second kappa shape index (κ2) is 2.45. The number of hydrogen-bond acceptors (Lipinski definition) is 5. The average Bonchev–Trinajstić information content (AvgIpc) is 2.77. The van der Waals surface area contributed by atoms with Crippen LogP contribution in [0.25, 0.3) is 0 Å². The Balaban J connectivity index is 1.87. The van der Waals surface area contributed by atoms with Crippen LogP contribution in [0.4, 0.5) is 6.01 Å². The van der Waals surface area contributed by atoms with Gasteiger partial charge in [-0.2, -0.15) is 0 Å². The highest BCUT2D eigenvalue weighted by Gasteiger charge is 2.44. The molecule has 2 aliphatic rings. The minimum absolute atomic E-state index is 0.151. The van der Waals surface area contributed by atoms with Gasteiger partial charge in [0, 0.05) is 0 Å². The lowest BCUT2D eigenvalue weighted by molar-refractivity contribution is 0.0982. The van der Waals surface area contributed by atoms with Gasteiger partial charge in [-0.1, -0.05) is 5.10 Å². The van der Waals surface area contributed by atoms with Crippen molar-refractivity contribution < 1.29 is 9.15 Å². The molecule has 0 saturated carbocycles. The molecule has 2 saturated heterocycles. The van der Waals surface area contributed by atoms with Gasteiger partial charge in [0.2, 0.25) is 5.89 Å². The van der Waals surface area contributed by atoms with Crippen LogP contribution in [0.15, 0.2) is 4.42 Å². The van der Waals surface area contributed by atoms with E-state index in [2.05, 4.69) is 10.2 Å². The Hall–Kier alpha value is -1.10. The van der Waals surface area contributed by atoms with Gasteiger partial charge in [-0.3, -0.25) is 0 Å². The highest BCUT2D eigenvalue weighted by molar-refractivity contribution is 5.10. The third-order valence-electron chi connectivity index (χ3n) is 2.88. The van der Waals surface area contributed by atoms with E-state index in [9.17, 15) is 0 Å². The number of hydrogen-bond donors (Lipinski definition) is 1. The van der Waals surface area contributed by atoms with Crippen molar-refractivity contribution in [1.82, 2.24) is 10.2 Å². The van der Waals surface area contributed by atoms with Crippen molar-refractivity contribution in [2.24, 2.45) is 0 Å². The molecule has 3 rings (SSSR count). The summed E-state index contributed by atoms with van der Waals surface area (Å²) in [5, 5.41) is 7.55. The first kappa shape index (κ1) is 7.32. The van der Waals surface area contributed by atoms with Crippen molar-refractivity contribution in [2.45, 2.75) is 37.4 Å². The zero-order valence-electron chi connectivity index (χ0n) is 7.14. The number of anilines is 1. The molecule has 2 fully saturated rings. The van der Waals surface area contributed by atoms with Crippen LogP contribution in [-0.2, 0) is 4.74 Å². The van der Waals surface area contributed by atoms with Crippen molar-refractivity contribution >= 4 is 6.01 Å². The van der Waals surface area contributed by atoms with Crippen molar-refractivity contribution in [3.8, 4) is 0 Å². The summed E-state index contributed by atoms with van der Waals surface area (Å²) in [5.74, 6) is 0.924. The first-order chi connectivity index (χ1) is 6.33. The van der Waals surface area contributed by atoms with Crippen LogP contribution in [0, 0.1) is 0 Å². The molecule has 3 unspecified atom stereocenters. The van der Waals surface area contributed by atoms with Crippen molar-refractivity contribution in [1.29, 1.82) is 0 Å². The lowest BCUT2D eigenvalue weighted by atomic mass is 9.89. The third kappa shape index (κ3) is 1.03. The monoisotopic (exact) mass is 181 g/mol. The van der Waals surface area contributed by atoms with Crippen LogP contribution < -0.4 is 5.73 Å². The molecule has 2 bridgehead atoms. The molecule has 0 amide bonds. The van der Waals surface area contributed by atoms with Crippen molar-refractivity contribution in [3.05, 3.63) is 5.89 Å². The fraction of sp³-hybridized carbons (Fsp3) is 0.750. The predicted octanol–water partition coefficient (Wildman–Crippen LogP) is 0.687. The summed E-state index contributed by atoms with van der Waals surface area (Å²) < 4.78 is 10.9. The molecule has 3 heterocycles. The fourth-order valence-corrected chi connectivity index (χ4v) is 2.29. The number of ether oxygens (including phenoxy) is 1. The summed E-state index contributed by atoms with van der Waals surface area (Å²) >= 11 is 0. The lowest BCUT2D eigenvalue weighted by Crippen LogP contribution is -2.14. The summed E-state index contributed by atoms with van der Waals surface area (Å²) in [5.41, 5.74) is 5.36. The molecule has 0 aliphatic carbocycles. The molecule has 0 radical (unpaired) electrons. The third-order valence-corrected chi connectivity index (χ3v) is 2.88. The van der Waals surface area contributed by atoms with Crippen LogP contribution in [-0.4, -0.2) is 22.4 Å². The van der Waals surface area contributed by atoms with Crippen molar-refractivity contribution in [3.63, 3.8) is 0 Å². The number of nitrogens with two attached hydrogens (primary N) is 1. The van der Waals surface area contributed by atoms with Crippen LogP contribution in [0.1, 0.15) is 31.1 Å². The average molecular weight is 181 g/mol. The van der Waals surface area contributed by atoms with E-state index in [0.717, 1.165) is 12.8 Å². The first-order valence-electron chi connectivity index (χ1n) is 4.57. The molecule has 0 spiro atoms. The standard InChI is InChI=1S/C8H11N3O2/c9-8-11-10-7(13-8)5-3-4-1-2-6(5)12-4/h4-6H,1-3H2,(H2,9,11). The van der Waals surface area contributed by atoms with Crippen LogP contribution >= 0.6 is 0 Å². The molecular weight excluding hydrogens is 170 g/mol. The van der Waals surface area contributed by atoms with Gasteiger partial charge in [0.25, 0.3) is 0 Å². The molecule has 2 N–H and O–H groups in total. The molecular formula is C8H11N3O2. The minimum Gasteiger partial charge on any atom is -0.408 e. The van der Waals surface area contributed by atoms with Gasteiger partial charge in [0.05, 0.1) is 18.1 Å². The van der Waals surface area contributed by atoms with E-state index in [4.69, 9.17) is 14.9 Å². The smallest absolute Gasteiger partial charge is 0.312 e. The Morgan fingerprint density at radius 2 is 2.23 bits per heavy atom. The van der Waals surface area contributed by atoms with E-state index in [-0.39, 0.29) is 18.0 Å². The summed E-state index contributed by atoms with van der Waals surface area (Å²) in [7, 11) is 0. The van der Waals surface area contributed by atoms with Gasteiger partial charge >= 0.3 is 6.01 Å². The van der Waals surface area contributed by atoms with Gasteiger partial charge in [-0.15, -0.1) is 5.10 Å². The molecule has 1 aromatic rings. The van der Waals surface area contributed by atoms with E-state index >= 15 is 0 Å². The van der Waals surface area contributed by atoms with E-state index < -0.39 is 0 Å². The topological polar surface area (TPSA) is 74.2 Å². The van der Waals surface area contributed by atoms with Gasteiger partial charge in [0.1, 0.15) is 0 Å². The Kier molecular flexibility index (Phi) is 1.38. The van der Waals surface area contributed by atoms with E-state index in [0.29, 0.717) is 12.0 Å². The van der Waals surface area contributed by atoms with Crippen LogP contribution in [0.5, 0.6) is 0 Å². The number of rotatable bonds is 1. The summed E-state index contributed by atoms with van der Waals surface area (Å²) in [4.78, 5) is 0. The predicted molar refractivity (Wildman–Crippen MR) is 44.0 cm³/mol. The second-order valence-electron chi connectivity index (χ2n) is 3.69. The normalized spacial score (nSPS) is 37.1. The number of aromatic nitrogens is 2. The molecule has 1 aromatic heterocycles. The Morgan fingerprint density at radius 1 is 1.31 bits per heavy atom. The van der Waals surface area contributed by atoms with E-state index in [1.807, 2.05) is 0 Å². The maximum atomic E-state index is 5.68. The highest BCUT2D eigenvalue weighted by Crippen LogP contribution is 2.43. The maximum Gasteiger partial charge on any atom is 0.312 e. The number of nitrogens with zero attached hydrogens (tertiary/aromatic N) is 2. The maximum absolute atomic E-state index is 5.68. The van der Waals surface area contributed by atoms with Gasteiger partial charge in [-0.25, -0.2) is 0 Å². The van der Waals surface area contributed by atoms with Gasteiger partial charge in [0.15, 0.2) is 0 Å².